The van der Waals surface area contributed by atoms with Gasteiger partial charge in [0.25, 0.3) is 0 Å². The maximum Gasteiger partial charge on any atom is 0.120 e. The first kappa shape index (κ1) is 23.0. The van der Waals surface area contributed by atoms with Crippen LogP contribution in [0.3, 0.4) is 0 Å². The van der Waals surface area contributed by atoms with Crippen LogP contribution in [-0.2, 0) is 9.47 Å². The van der Waals surface area contributed by atoms with Gasteiger partial charge in [-0.05, 0) is 74.0 Å². The molecule has 31 heavy (non-hydrogen) atoms. The fourth-order valence-electron chi connectivity index (χ4n) is 6.94. The molecule has 0 amide bonds. The molecule has 5 aliphatic rings. The fourth-order valence-corrected chi connectivity index (χ4v) is 8.50. The summed E-state index contributed by atoms with van der Waals surface area (Å²) in [6, 6.07) is 1.11. The second-order valence-corrected chi connectivity index (χ2v) is 14.8. The van der Waals surface area contributed by atoms with Crippen LogP contribution in [0.1, 0.15) is 92.9 Å². The van der Waals surface area contributed by atoms with E-state index >= 15 is 0 Å². The smallest absolute Gasteiger partial charge is 0.120 e. The first-order valence-corrected chi connectivity index (χ1v) is 14.0. The third kappa shape index (κ3) is 4.73. The molecule has 4 nitrogen and oxygen atoms in total. The fraction of sp³-hybridized carbons (Fsp3) is 1.00. The molecule has 0 aromatic rings. The van der Waals surface area contributed by atoms with Gasteiger partial charge < -0.3 is 9.47 Å². The Morgan fingerprint density at radius 2 is 1.03 bits per heavy atom. The monoisotopic (exact) mass is 450 g/mol. The molecule has 10 atom stereocenters. The van der Waals surface area contributed by atoms with Gasteiger partial charge >= 0.3 is 0 Å². The van der Waals surface area contributed by atoms with Crippen LogP contribution in [0.15, 0.2) is 0 Å². The van der Waals surface area contributed by atoms with Crippen molar-refractivity contribution in [2.75, 3.05) is 0 Å². The largest absolute Gasteiger partial charge is 0.357 e. The number of ether oxygens (including phenoxy) is 2. The van der Waals surface area contributed by atoms with E-state index in [4.69, 9.17) is 9.47 Å². The molecule has 5 heteroatoms. The minimum atomic E-state index is 0.234. The summed E-state index contributed by atoms with van der Waals surface area (Å²) in [6.07, 6.45) is 11.5. The zero-order valence-electron chi connectivity index (χ0n) is 20.7. The van der Waals surface area contributed by atoms with E-state index in [1.807, 2.05) is 0 Å². The van der Waals surface area contributed by atoms with E-state index in [-0.39, 0.29) is 12.5 Å². The predicted octanol–water partition coefficient (Wildman–Crippen LogP) is 5.31. The van der Waals surface area contributed by atoms with Crippen LogP contribution in [-0.4, -0.2) is 47.2 Å². The summed E-state index contributed by atoms with van der Waals surface area (Å²) in [5, 5.41) is 8.97. The molecule has 5 rings (SSSR count). The van der Waals surface area contributed by atoms with Gasteiger partial charge in [-0.3, -0.25) is 10.6 Å². The molecule has 10 unspecified atom stereocenters. The van der Waals surface area contributed by atoms with Crippen LogP contribution in [0.5, 0.6) is 0 Å². The van der Waals surface area contributed by atoms with Crippen LogP contribution in [0.2, 0.25) is 0 Å². The Morgan fingerprint density at radius 1 is 0.613 bits per heavy atom. The standard InChI is InChI=1S/C26H46N2O2S/c1-25(2,3)15-7-9-19-17(13-15)27-23(29-19)21-11-12-22(31-21)24-28-18-14-16(26(4,5)6)8-10-20(18)30-24/h15-24,27-28H,7-14H2,1-6H3. The average molecular weight is 451 g/mol. The van der Waals surface area contributed by atoms with Crippen molar-refractivity contribution in [2.24, 2.45) is 22.7 Å². The minimum Gasteiger partial charge on any atom is -0.357 e. The second-order valence-electron chi connectivity index (χ2n) is 13.3. The van der Waals surface area contributed by atoms with E-state index < -0.39 is 0 Å². The Balaban J connectivity index is 1.13. The summed E-state index contributed by atoms with van der Waals surface area (Å²) < 4.78 is 13.1. The molecule has 178 valence electrons. The maximum atomic E-state index is 6.57. The summed E-state index contributed by atoms with van der Waals surface area (Å²) in [4.78, 5) is 0. The molecular formula is C26H46N2O2S. The topological polar surface area (TPSA) is 42.5 Å². The zero-order chi connectivity index (χ0) is 22.0. The lowest BCUT2D eigenvalue weighted by Gasteiger charge is -2.38. The van der Waals surface area contributed by atoms with Crippen LogP contribution in [0.4, 0.5) is 0 Å². The van der Waals surface area contributed by atoms with Crippen molar-refractivity contribution in [3.8, 4) is 0 Å². The number of rotatable bonds is 2. The van der Waals surface area contributed by atoms with Gasteiger partial charge in [0, 0.05) is 22.6 Å². The van der Waals surface area contributed by atoms with E-state index in [0.29, 0.717) is 45.6 Å². The lowest BCUT2D eigenvalue weighted by Crippen LogP contribution is -2.43. The molecule has 0 aromatic carbocycles. The van der Waals surface area contributed by atoms with Crippen LogP contribution < -0.4 is 10.6 Å². The molecule has 3 saturated heterocycles. The first-order chi connectivity index (χ1) is 14.6. The van der Waals surface area contributed by atoms with Gasteiger partial charge in [-0.1, -0.05) is 41.5 Å². The highest BCUT2D eigenvalue weighted by atomic mass is 32.2. The summed E-state index contributed by atoms with van der Waals surface area (Å²) in [6.45, 7) is 14.4. The van der Waals surface area contributed by atoms with E-state index in [1.165, 1.54) is 51.4 Å². The summed E-state index contributed by atoms with van der Waals surface area (Å²) in [7, 11) is 0. The third-order valence-electron chi connectivity index (χ3n) is 9.18. The molecule has 0 bridgehead atoms. The van der Waals surface area contributed by atoms with E-state index in [2.05, 4.69) is 63.9 Å². The molecule has 0 aromatic heterocycles. The predicted molar refractivity (Wildman–Crippen MR) is 129 cm³/mol. The molecule has 0 radical (unpaired) electrons. The highest BCUT2D eigenvalue weighted by molar-refractivity contribution is 8.00. The third-order valence-corrected chi connectivity index (χ3v) is 10.8. The Kier molecular flexibility index (Phi) is 6.25. The number of hydrogen-bond acceptors (Lipinski definition) is 5. The molecule has 2 saturated carbocycles. The van der Waals surface area contributed by atoms with Gasteiger partial charge in [0.15, 0.2) is 0 Å². The lowest BCUT2D eigenvalue weighted by atomic mass is 9.70. The molecule has 3 heterocycles. The van der Waals surface area contributed by atoms with Crippen molar-refractivity contribution in [2.45, 2.75) is 140 Å². The van der Waals surface area contributed by atoms with Crippen molar-refractivity contribution < 1.29 is 9.47 Å². The highest BCUT2D eigenvalue weighted by Crippen LogP contribution is 2.46. The van der Waals surface area contributed by atoms with Crippen molar-refractivity contribution in [3.63, 3.8) is 0 Å². The van der Waals surface area contributed by atoms with E-state index in [1.54, 1.807) is 0 Å². The van der Waals surface area contributed by atoms with Crippen LogP contribution in [0.25, 0.3) is 0 Å². The average Bonchev–Trinajstić information content (AvgIpc) is 3.41. The quantitative estimate of drug-likeness (QED) is 0.597. The van der Waals surface area contributed by atoms with Gasteiger partial charge in [0.05, 0.1) is 12.2 Å². The molecule has 5 fully saturated rings. The summed E-state index contributed by atoms with van der Waals surface area (Å²) >= 11 is 2.13. The van der Waals surface area contributed by atoms with Crippen LogP contribution >= 0.6 is 11.8 Å². The van der Waals surface area contributed by atoms with Gasteiger partial charge in [0.1, 0.15) is 12.5 Å². The van der Waals surface area contributed by atoms with Crippen molar-refractivity contribution in [1.82, 2.24) is 10.6 Å². The molecule has 2 aliphatic carbocycles. The van der Waals surface area contributed by atoms with Crippen molar-refractivity contribution >= 4 is 11.8 Å². The van der Waals surface area contributed by atoms with Crippen molar-refractivity contribution in [3.05, 3.63) is 0 Å². The summed E-state index contributed by atoms with van der Waals surface area (Å²) in [5.74, 6) is 1.62. The number of hydrogen-bond donors (Lipinski definition) is 2. The Morgan fingerprint density at radius 3 is 1.42 bits per heavy atom. The second kappa shape index (κ2) is 8.45. The number of thioether (sulfide) groups is 1. The number of fused-ring (bicyclic) bond motifs is 2. The number of nitrogens with one attached hydrogen (secondary N) is 2. The first-order valence-electron chi connectivity index (χ1n) is 13.1. The zero-order valence-corrected chi connectivity index (χ0v) is 21.5. The SMILES string of the molecule is CC(C)(C)C1CCC2OC(C3CCC(C4NC5CC(C(C)(C)C)CCC5O4)S3)NC2C1. The normalized spacial score (nSPS) is 48.6. The van der Waals surface area contributed by atoms with Gasteiger partial charge in [-0.25, -0.2) is 0 Å². The lowest BCUT2D eigenvalue weighted by molar-refractivity contribution is 0.00725. The van der Waals surface area contributed by atoms with E-state index in [9.17, 15) is 0 Å². The molecule has 3 aliphatic heterocycles. The van der Waals surface area contributed by atoms with Gasteiger partial charge in [0.2, 0.25) is 0 Å². The Hall–Kier alpha value is 0.190. The Bertz CT molecular complexity index is 590. The van der Waals surface area contributed by atoms with Gasteiger partial charge in [-0.2, -0.15) is 0 Å². The minimum absolute atomic E-state index is 0.234. The molecule has 2 N–H and O–H groups in total. The maximum absolute atomic E-state index is 6.57. The molecule has 0 spiro atoms. The van der Waals surface area contributed by atoms with Gasteiger partial charge in [-0.15, -0.1) is 11.8 Å². The Labute approximate surface area is 194 Å². The van der Waals surface area contributed by atoms with E-state index in [0.717, 1.165) is 11.8 Å². The van der Waals surface area contributed by atoms with Crippen molar-refractivity contribution in [1.29, 1.82) is 0 Å². The van der Waals surface area contributed by atoms with Crippen LogP contribution in [0, 0.1) is 22.7 Å². The molecular weight excluding hydrogens is 404 g/mol. The summed E-state index contributed by atoms with van der Waals surface area (Å²) in [5.41, 5.74) is 0.818. The highest BCUT2D eigenvalue weighted by Gasteiger charge is 2.49.